The number of rotatable bonds is 3. The van der Waals surface area contributed by atoms with Gasteiger partial charge < -0.3 is 5.43 Å². The van der Waals surface area contributed by atoms with Crippen LogP contribution in [0.15, 0.2) is 16.5 Å². The molecule has 0 saturated heterocycles. The first kappa shape index (κ1) is 11.8. The maximum atomic E-state index is 5.41. The van der Waals surface area contributed by atoms with Crippen LogP contribution in [0, 0.1) is 13.8 Å². The molecule has 2 rings (SSSR count). The van der Waals surface area contributed by atoms with Crippen LogP contribution in [-0.2, 0) is 7.05 Å². The quantitative estimate of drug-likeness (QED) is 0.470. The molecule has 0 fully saturated rings. The molecule has 2 aromatic rings. The number of anilines is 1. The van der Waals surface area contributed by atoms with Crippen LogP contribution >= 0.6 is 11.8 Å². The summed E-state index contributed by atoms with van der Waals surface area (Å²) in [5, 5.41) is 5.60. The lowest BCUT2D eigenvalue weighted by Gasteiger charge is -2.09. The molecule has 3 N–H and O–H groups in total. The second-order valence-corrected chi connectivity index (χ2v) is 4.42. The van der Waals surface area contributed by atoms with Crippen LogP contribution in [0.2, 0.25) is 0 Å². The van der Waals surface area contributed by atoms with Gasteiger partial charge in [-0.15, -0.1) is 0 Å². The van der Waals surface area contributed by atoms with Gasteiger partial charge in [-0.1, -0.05) is 0 Å². The summed E-state index contributed by atoms with van der Waals surface area (Å²) in [6.45, 7) is 3.73. The summed E-state index contributed by atoms with van der Waals surface area (Å²) in [7, 11) is 1.83. The number of aromatic nitrogens is 5. The predicted molar refractivity (Wildman–Crippen MR) is 64.4 cm³/mol. The molecular formula is C9H13N7S. The van der Waals surface area contributed by atoms with Crippen molar-refractivity contribution in [2.75, 3.05) is 5.43 Å². The van der Waals surface area contributed by atoms with Gasteiger partial charge in [0.1, 0.15) is 23.0 Å². The van der Waals surface area contributed by atoms with Gasteiger partial charge in [-0.3, -0.25) is 0 Å². The fourth-order valence-corrected chi connectivity index (χ4v) is 2.19. The molecule has 90 valence electrons. The monoisotopic (exact) mass is 251 g/mol. The maximum absolute atomic E-state index is 5.41. The van der Waals surface area contributed by atoms with Crippen LogP contribution in [-0.4, -0.2) is 24.7 Å². The summed E-state index contributed by atoms with van der Waals surface area (Å²) in [5.74, 6) is 6.70. The van der Waals surface area contributed by atoms with Gasteiger partial charge in [0, 0.05) is 12.6 Å². The highest BCUT2D eigenvalue weighted by Gasteiger charge is 2.12. The molecule has 0 unspecified atom stereocenters. The van der Waals surface area contributed by atoms with Crippen LogP contribution in [0.3, 0.4) is 0 Å². The van der Waals surface area contributed by atoms with Crippen molar-refractivity contribution in [2.24, 2.45) is 12.9 Å². The van der Waals surface area contributed by atoms with Gasteiger partial charge in [-0.2, -0.15) is 5.10 Å². The molecule has 17 heavy (non-hydrogen) atoms. The Bertz CT molecular complexity index is 536. The zero-order chi connectivity index (χ0) is 12.4. The van der Waals surface area contributed by atoms with Crippen molar-refractivity contribution in [3.05, 3.63) is 17.7 Å². The number of nitrogen functional groups attached to an aromatic ring is 1. The van der Waals surface area contributed by atoms with Crippen molar-refractivity contribution in [2.45, 2.75) is 24.0 Å². The summed E-state index contributed by atoms with van der Waals surface area (Å²) >= 11 is 1.43. The van der Waals surface area contributed by atoms with Gasteiger partial charge >= 0.3 is 0 Å². The molecule has 0 aliphatic rings. The molecule has 7 nitrogen and oxygen atoms in total. The average Bonchev–Trinajstić information content (AvgIpc) is 2.69. The number of hydrogen-bond acceptors (Lipinski definition) is 7. The van der Waals surface area contributed by atoms with E-state index in [0.29, 0.717) is 11.6 Å². The van der Waals surface area contributed by atoms with E-state index < -0.39 is 0 Å². The molecule has 0 atom stereocenters. The minimum Gasteiger partial charge on any atom is -0.308 e. The number of hydrogen-bond donors (Lipinski definition) is 2. The second kappa shape index (κ2) is 4.68. The van der Waals surface area contributed by atoms with Crippen LogP contribution in [0.25, 0.3) is 0 Å². The van der Waals surface area contributed by atoms with Crippen molar-refractivity contribution in [1.82, 2.24) is 24.7 Å². The molecular weight excluding hydrogens is 238 g/mol. The third kappa shape index (κ3) is 2.37. The topological polar surface area (TPSA) is 94.5 Å². The predicted octanol–water partition coefficient (Wildman–Crippen LogP) is 0.659. The van der Waals surface area contributed by atoms with Gasteiger partial charge in [0.2, 0.25) is 0 Å². The van der Waals surface area contributed by atoms with E-state index in [4.69, 9.17) is 5.84 Å². The van der Waals surface area contributed by atoms with Crippen LogP contribution in [0.5, 0.6) is 0 Å². The molecule has 0 saturated carbocycles. The zero-order valence-corrected chi connectivity index (χ0v) is 10.6. The Balaban J connectivity index is 2.39. The molecule has 0 aliphatic carbocycles. The third-order valence-electron chi connectivity index (χ3n) is 2.21. The van der Waals surface area contributed by atoms with E-state index in [1.807, 2.05) is 20.9 Å². The van der Waals surface area contributed by atoms with Gasteiger partial charge in [-0.25, -0.2) is 25.5 Å². The highest BCUT2D eigenvalue weighted by atomic mass is 32.2. The van der Waals surface area contributed by atoms with E-state index in [9.17, 15) is 0 Å². The molecule has 0 spiro atoms. The first-order valence-corrected chi connectivity index (χ1v) is 5.77. The number of hydrazine groups is 1. The SMILES string of the molecule is Cc1nc(NN)c(C)c(Sc2ncnn2C)n1. The number of nitrogens with one attached hydrogen (secondary N) is 1. The Morgan fingerprint density at radius 1 is 1.35 bits per heavy atom. The second-order valence-electron chi connectivity index (χ2n) is 3.46. The minimum absolute atomic E-state index is 0.627. The van der Waals surface area contributed by atoms with Gasteiger partial charge in [0.15, 0.2) is 5.16 Å². The summed E-state index contributed by atoms with van der Waals surface area (Å²) in [6.07, 6.45) is 1.51. The van der Waals surface area contributed by atoms with Gasteiger partial charge in [-0.05, 0) is 25.6 Å². The van der Waals surface area contributed by atoms with Crippen molar-refractivity contribution in [1.29, 1.82) is 0 Å². The Morgan fingerprint density at radius 2 is 2.12 bits per heavy atom. The Hall–Kier alpha value is -1.67. The first-order chi connectivity index (χ1) is 8.11. The summed E-state index contributed by atoms with van der Waals surface area (Å²) in [4.78, 5) is 12.7. The van der Waals surface area contributed by atoms with Crippen molar-refractivity contribution in [3.63, 3.8) is 0 Å². The fourth-order valence-electron chi connectivity index (χ4n) is 1.31. The fraction of sp³-hybridized carbons (Fsp3) is 0.333. The lowest BCUT2D eigenvalue weighted by atomic mass is 10.3. The highest BCUT2D eigenvalue weighted by molar-refractivity contribution is 7.99. The van der Waals surface area contributed by atoms with Crippen molar-refractivity contribution < 1.29 is 0 Å². The van der Waals surface area contributed by atoms with Crippen LogP contribution in [0.1, 0.15) is 11.4 Å². The normalized spacial score (nSPS) is 10.6. The standard InChI is InChI=1S/C9H13N7S/c1-5-7(15-10)13-6(2)14-8(5)17-9-11-4-12-16(9)3/h4H,10H2,1-3H3,(H,13,14,15). The minimum atomic E-state index is 0.627. The van der Waals surface area contributed by atoms with E-state index in [1.165, 1.54) is 18.1 Å². The van der Waals surface area contributed by atoms with E-state index in [-0.39, 0.29) is 0 Å². The van der Waals surface area contributed by atoms with Crippen LogP contribution in [0.4, 0.5) is 5.82 Å². The average molecular weight is 251 g/mol. The van der Waals surface area contributed by atoms with Crippen molar-refractivity contribution in [3.8, 4) is 0 Å². The lowest BCUT2D eigenvalue weighted by molar-refractivity contribution is 0.684. The van der Waals surface area contributed by atoms with E-state index in [1.54, 1.807) is 4.68 Å². The molecule has 2 heterocycles. The van der Waals surface area contributed by atoms with Crippen molar-refractivity contribution >= 4 is 17.6 Å². The molecule has 0 aliphatic heterocycles. The number of aryl methyl sites for hydroxylation is 2. The summed E-state index contributed by atoms with van der Waals surface area (Å²) in [6, 6.07) is 0. The zero-order valence-electron chi connectivity index (χ0n) is 9.80. The Kier molecular flexibility index (Phi) is 3.25. The van der Waals surface area contributed by atoms with E-state index in [2.05, 4.69) is 25.5 Å². The molecule has 8 heteroatoms. The highest BCUT2D eigenvalue weighted by Crippen LogP contribution is 2.29. The van der Waals surface area contributed by atoms with Crippen LogP contribution < -0.4 is 11.3 Å². The smallest absolute Gasteiger partial charge is 0.192 e. The third-order valence-corrected chi connectivity index (χ3v) is 3.35. The first-order valence-electron chi connectivity index (χ1n) is 4.95. The molecule has 2 aromatic heterocycles. The number of nitrogens with two attached hydrogens (primary N) is 1. The summed E-state index contributed by atoms with van der Waals surface area (Å²) in [5.41, 5.74) is 3.46. The largest absolute Gasteiger partial charge is 0.308 e. The maximum Gasteiger partial charge on any atom is 0.192 e. The van der Waals surface area contributed by atoms with Gasteiger partial charge in [0.05, 0.1) is 0 Å². The molecule has 0 bridgehead atoms. The number of nitrogens with zero attached hydrogens (tertiary/aromatic N) is 5. The van der Waals surface area contributed by atoms with E-state index in [0.717, 1.165) is 15.7 Å². The van der Waals surface area contributed by atoms with E-state index >= 15 is 0 Å². The Morgan fingerprint density at radius 3 is 2.71 bits per heavy atom. The molecule has 0 radical (unpaired) electrons. The lowest BCUT2D eigenvalue weighted by Crippen LogP contribution is -2.12. The summed E-state index contributed by atoms with van der Waals surface area (Å²) < 4.78 is 1.69. The molecule has 0 aromatic carbocycles. The molecule has 0 amide bonds. The Labute approximate surface area is 103 Å². The van der Waals surface area contributed by atoms with Gasteiger partial charge in [0.25, 0.3) is 0 Å².